The van der Waals surface area contributed by atoms with Gasteiger partial charge in [-0.05, 0) is 68.1 Å². The summed E-state index contributed by atoms with van der Waals surface area (Å²) in [6.07, 6.45) is 0.681. The molecule has 6 nitrogen and oxygen atoms in total. The lowest BCUT2D eigenvalue weighted by Gasteiger charge is -2.16. The number of carboxylic acid groups (broad SMARTS) is 1. The van der Waals surface area contributed by atoms with E-state index in [9.17, 15) is 9.59 Å². The van der Waals surface area contributed by atoms with E-state index < -0.39 is 12.6 Å². The van der Waals surface area contributed by atoms with E-state index in [0.717, 1.165) is 22.4 Å². The van der Waals surface area contributed by atoms with Gasteiger partial charge in [0, 0.05) is 11.6 Å². The van der Waals surface area contributed by atoms with Gasteiger partial charge in [0.2, 0.25) is 0 Å². The summed E-state index contributed by atoms with van der Waals surface area (Å²) in [6, 6.07) is 11.1. The van der Waals surface area contributed by atoms with Crippen LogP contribution in [0.25, 0.3) is 0 Å². The summed E-state index contributed by atoms with van der Waals surface area (Å²) in [4.78, 5) is 23.3. The lowest BCUT2D eigenvalue weighted by Crippen LogP contribution is -2.34. The molecule has 0 radical (unpaired) electrons. The maximum absolute atomic E-state index is 12.6. The smallest absolute Gasteiger partial charge is 0.341 e. The second kappa shape index (κ2) is 9.07. The summed E-state index contributed by atoms with van der Waals surface area (Å²) in [5.41, 5.74) is 3.04. The van der Waals surface area contributed by atoms with Crippen molar-refractivity contribution in [2.45, 2.75) is 33.2 Å². The molecule has 1 atom stereocenters. The summed E-state index contributed by atoms with van der Waals surface area (Å²) >= 11 is 0. The third kappa shape index (κ3) is 5.74. The van der Waals surface area contributed by atoms with Crippen LogP contribution in [-0.2, 0) is 11.2 Å². The van der Waals surface area contributed by atoms with Crippen LogP contribution in [0, 0.1) is 13.8 Å². The third-order valence-electron chi connectivity index (χ3n) is 4.12. The highest BCUT2D eigenvalue weighted by molar-refractivity contribution is 5.95. The molecule has 0 bridgehead atoms. The molecule has 0 fully saturated rings. The zero-order valence-corrected chi connectivity index (χ0v) is 16.0. The number of hydrogen-bond donors (Lipinski definition) is 2. The topological polar surface area (TPSA) is 84.9 Å². The molecule has 144 valence electrons. The Hall–Kier alpha value is -3.02. The number of carbonyl (C=O) groups excluding carboxylic acids is 1. The van der Waals surface area contributed by atoms with Crippen LogP contribution in [0.15, 0.2) is 36.4 Å². The van der Waals surface area contributed by atoms with E-state index in [1.165, 1.54) is 0 Å². The van der Waals surface area contributed by atoms with Gasteiger partial charge < -0.3 is 19.9 Å². The molecule has 0 aromatic heterocycles. The van der Waals surface area contributed by atoms with Crippen LogP contribution in [0.3, 0.4) is 0 Å². The number of aliphatic carboxylic acids is 1. The number of hydrogen-bond acceptors (Lipinski definition) is 4. The first-order chi connectivity index (χ1) is 12.8. The molecule has 2 aromatic rings. The second-order valence-corrected chi connectivity index (χ2v) is 6.55. The molecule has 0 aliphatic carbocycles. The van der Waals surface area contributed by atoms with E-state index in [4.69, 9.17) is 14.6 Å². The molecule has 0 aliphatic heterocycles. The van der Waals surface area contributed by atoms with Crippen molar-refractivity contribution in [3.05, 3.63) is 58.7 Å². The molecule has 1 amide bonds. The van der Waals surface area contributed by atoms with Crippen LogP contribution >= 0.6 is 0 Å². The standard InChI is InChI=1S/C21H25NO5/c1-13-8-17(9-14(2)20(13)27-12-19(23)24)21(25)22-15(3)10-16-6-5-7-18(11-16)26-4/h5-9,11,15H,10,12H2,1-4H3,(H,22,25)(H,23,24). The number of rotatable bonds is 8. The lowest BCUT2D eigenvalue weighted by atomic mass is 10.0. The molecule has 6 heteroatoms. The maximum atomic E-state index is 12.6. The molecule has 2 aromatic carbocycles. The van der Waals surface area contributed by atoms with Crippen molar-refractivity contribution in [1.29, 1.82) is 0 Å². The average molecular weight is 371 g/mol. The second-order valence-electron chi connectivity index (χ2n) is 6.55. The van der Waals surface area contributed by atoms with Crippen LogP contribution in [-0.4, -0.2) is 36.7 Å². The summed E-state index contributed by atoms with van der Waals surface area (Å²) in [5.74, 6) is 0.0657. The Kier molecular flexibility index (Phi) is 6.82. The molecule has 0 saturated heterocycles. The molecule has 1 unspecified atom stereocenters. The quantitative estimate of drug-likeness (QED) is 0.745. The summed E-state index contributed by atoms with van der Waals surface area (Å²) in [6.45, 7) is 5.12. The molecule has 0 saturated carbocycles. The molecule has 0 heterocycles. The fourth-order valence-corrected chi connectivity index (χ4v) is 2.95. The first-order valence-electron chi connectivity index (χ1n) is 8.69. The molecule has 2 N–H and O–H groups in total. The lowest BCUT2D eigenvalue weighted by molar-refractivity contribution is -0.139. The van der Waals surface area contributed by atoms with Gasteiger partial charge in [0.1, 0.15) is 11.5 Å². The van der Waals surface area contributed by atoms with Gasteiger partial charge in [0.15, 0.2) is 6.61 Å². The highest BCUT2D eigenvalue weighted by atomic mass is 16.5. The molecule has 0 aliphatic rings. The average Bonchev–Trinajstić information content (AvgIpc) is 2.60. The predicted molar refractivity (Wildman–Crippen MR) is 103 cm³/mol. The van der Waals surface area contributed by atoms with E-state index in [-0.39, 0.29) is 11.9 Å². The molecule has 0 spiro atoms. The van der Waals surface area contributed by atoms with Crippen molar-refractivity contribution in [2.75, 3.05) is 13.7 Å². The number of aryl methyl sites for hydroxylation is 2. The van der Waals surface area contributed by atoms with Crippen LogP contribution in [0.2, 0.25) is 0 Å². The van der Waals surface area contributed by atoms with Crippen molar-refractivity contribution in [2.24, 2.45) is 0 Å². The van der Waals surface area contributed by atoms with Gasteiger partial charge in [-0.3, -0.25) is 4.79 Å². The SMILES string of the molecule is COc1cccc(CC(C)NC(=O)c2cc(C)c(OCC(=O)O)c(C)c2)c1. The Labute approximate surface area is 159 Å². The Bertz CT molecular complexity index is 808. The number of nitrogens with one attached hydrogen (secondary N) is 1. The van der Waals surface area contributed by atoms with Gasteiger partial charge >= 0.3 is 5.97 Å². The first-order valence-corrected chi connectivity index (χ1v) is 8.69. The predicted octanol–water partition coefficient (Wildman–Crippen LogP) is 3.14. The molecular formula is C21H25NO5. The fraction of sp³-hybridized carbons (Fsp3) is 0.333. The van der Waals surface area contributed by atoms with Gasteiger partial charge in [-0.2, -0.15) is 0 Å². The number of carboxylic acids is 1. The van der Waals surface area contributed by atoms with Gasteiger partial charge in [0.25, 0.3) is 5.91 Å². The Morgan fingerprint density at radius 2 is 1.81 bits per heavy atom. The zero-order chi connectivity index (χ0) is 20.0. The molecular weight excluding hydrogens is 346 g/mol. The fourth-order valence-electron chi connectivity index (χ4n) is 2.95. The van der Waals surface area contributed by atoms with Crippen molar-refractivity contribution in [1.82, 2.24) is 5.32 Å². The van der Waals surface area contributed by atoms with Crippen molar-refractivity contribution in [3.8, 4) is 11.5 Å². The molecule has 27 heavy (non-hydrogen) atoms. The van der Waals surface area contributed by atoms with Crippen LogP contribution < -0.4 is 14.8 Å². The minimum atomic E-state index is -1.04. The van der Waals surface area contributed by atoms with Gasteiger partial charge in [0.05, 0.1) is 7.11 Å². The van der Waals surface area contributed by atoms with E-state index >= 15 is 0 Å². The van der Waals surface area contributed by atoms with Crippen molar-refractivity contribution < 1.29 is 24.2 Å². The van der Waals surface area contributed by atoms with E-state index in [0.29, 0.717) is 17.7 Å². The highest BCUT2D eigenvalue weighted by Crippen LogP contribution is 2.25. The summed E-state index contributed by atoms with van der Waals surface area (Å²) in [7, 11) is 1.62. The normalized spacial score (nSPS) is 11.6. The Balaban J connectivity index is 2.05. The highest BCUT2D eigenvalue weighted by Gasteiger charge is 2.15. The minimum Gasteiger partial charge on any atom is -0.497 e. The van der Waals surface area contributed by atoms with E-state index in [1.54, 1.807) is 33.1 Å². The largest absolute Gasteiger partial charge is 0.497 e. The van der Waals surface area contributed by atoms with E-state index in [1.807, 2.05) is 31.2 Å². The van der Waals surface area contributed by atoms with Crippen molar-refractivity contribution >= 4 is 11.9 Å². The Morgan fingerprint density at radius 1 is 1.15 bits per heavy atom. The van der Waals surface area contributed by atoms with E-state index in [2.05, 4.69) is 5.32 Å². The zero-order valence-electron chi connectivity index (χ0n) is 16.0. The van der Waals surface area contributed by atoms with Crippen LogP contribution in [0.1, 0.15) is 34.0 Å². The number of methoxy groups -OCH3 is 1. The van der Waals surface area contributed by atoms with Gasteiger partial charge in [-0.25, -0.2) is 4.79 Å². The van der Waals surface area contributed by atoms with Gasteiger partial charge in [-0.1, -0.05) is 12.1 Å². The Morgan fingerprint density at radius 3 is 2.41 bits per heavy atom. The van der Waals surface area contributed by atoms with Crippen LogP contribution in [0.5, 0.6) is 11.5 Å². The number of ether oxygens (including phenoxy) is 2. The monoisotopic (exact) mass is 371 g/mol. The van der Waals surface area contributed by atoms with Crippen molar-refractivity contribution in [3.63, 3.8) is 0 Å². The maximum Gasteiger partial charge on any atom is 0.341 e. The van der Waals surface area contributed by atoms with Crippen LogP contribution in [0.4, 0.5) is 0 Å². The summed E-state index contributed by atoms with van der Waals surface area (Å²) in [5, 5.41) is 11.7. The number of carbonyl (C=O) groups is 2. The third-order valence-corrected chi connectivity index (χ3v) is 4.12. The number of amides is 1. The number of benzene rings is 2. The van der Waals surface area contributed by atoms with Gasteiger partial charge in [-0.15, -0.1) is 0 Å². The minimum absolute atomic E-state index is 0.0619. The molecule has 2 rings (SSSR count). The first kappa shape index (κ1) is 20.3. The summed E-state index contributed by atoms with van der Waals surface area (Å²) < 4.78 is 10.5.